The summed E-state index contributed by atoms with van der Waals surface area (Å²) >= 11 is 0. The molecule has 1 N–H and O–H groups in total. The van der Waals surface area contributed by atoms with Crippen LogP contribution in [-0.4, -0.2) is 59.8 Å². The lowest BCUT2D eigenvalue weighted by Gasteiger charge is -2.35. The molecule has 27 heavy (non-hydrogen) atoms. The van der Waals surface area contributed by atoms with Crippen LogP contribution in [0.15, 0.2) is 22.8 Å². The van der Waals surface area contributed by atoms with E-state index in [4.69, 9.17) is 9.40 Å². The number of carbonyl (C=O) groups excluding carboxylic acids is 2. The van der Waals surface area contributed by atoms with Crippen LogP contribution in [0.25, 0.3) is 0 Å². The fourth-order valence-corrected chi connectivity index (χ4v) is 3.74. The maximum Gasteiger partial charge on any atom is 0.289 e. The predicted molar refractivity (Wildman–Crippen MR) is 100 cm³/mol. The first-order valence-electron chi connectivity index (χ1n) is 9.26. The van der Waals surface area contributed by atoms with Crippen LogP contribution in [0.2, 0.25) is 0 Å². The summed E-state index contributed by atoms with van der Waals surface area (Å²) in [7, 11) is 1.78. The van der Waals surface area contributed by atoms with Gasteiger partial charge in [0, 0.05) is 39.6 Å². The van der Waals surface area contributed by atoms with Crippen molar-refractivity contribution in [1.82, 2.24) is 14.9 Å². The van der Waals surface area contributed by atoms with Gasteiger partial charge in [0.05, 0.1) is 17.5 Å². The molecule has 3 heterocycles. The number of hydrogen-bond donors (Lipinski definition) is 1. The summed E-state index contributed by atoms with van der Waals surface area (Å²) in [6.45, 7) is 4.49. The van der Waals surface area contributed by atoms with Crippen LogP contribution in [0.5, 0.6) is 0 Å². The van der Waals surface area contributed by atoms with Gasteiger partial charge in [0.25, 0.3) is 5.91 Å². The molecule has 0 spiro atoms. The summed E-state index contributed by atoms with van der Waals surface area (Å²) < 4.78 is 5.20. The van der Waals surface area contributed by atoms with Crippen molar-refractivity contribution in [1.29, 1.82) is 0 Å². The second kappa shape index (κ2) is 7.02. The van der Waals surface area contributed by atoms with Gasteiger partial charge in [-0.15, -0.1) is 0 Å². The number of nitrogens with zero attached hydrogens (tertiary/aromatic N) is 4. The topological polar surface area (TPSA) is 91.6 Å². The quantitative estimate of drug-likeness (QED) is 0.882. The summed E-state index contributed by atoms with van der Waals surface area (Å²) in [5.41, 5.74) is 1.45. The zero-order chi connectivity index (χ0) is 19.0. The molecule has 142 valence electrons. The Morgan fingerprint density at radius 3 is 2.67 bits per heavy atom. The maximum absolute atomic E-state index is 12.4. The number of aromatic nitrogens is 2. The Morgan fingerprint density at radius 2 is 2.00 bits per heavy atom. The molecule has 0 saturated carbocycles. The minimum atomic E-state index is -0.0960. The molecular weight excluding hydrogens is 346 g/mol. The van der Waals surface area contributed by atoms with E-state index in [1.165, 1.54) is 6.26 Å². The number of anilines is 2. The number of carbonyl (C=O) groups is 2. The highest BCUT2D eigenvalue weighted by molar-refractivity contribution is 6.02. The molecule has 1 fully saturated rings. The van der Waals surface area contributed by atoms with E-state index >= 15 is 0 Å². The third-order valence-corrected chi connectivity index (χ3v) is 5.15. The number of rotatable bonds is 3. The molecule has 4 rings (SSSR count). The van der Waals surface area contributed by atoms with E-state index in [0.29, 0.717) is 61.6 Å². The van der Waals surface area contributed by atoms with E-state index in [9.17, 15) is 9.59 Å². The van der Waals surface area contributed by atoms with Crippen LogP contribution in [-0.2, 0) is 6.42 Å². The van der Waals surface area contributed by atoms with E-state index in [2.05, 4.69) is 22.1 Å². The molecule has 0 aromatic carbocycles. The minimum Gasteiger partial charge on any atom is -0.459 e. The van der Waals surface area contributed by atoms with Crippen molar-refractivity contribution in [2.75, 3.05) is 43.4 Å². The first kappa shape index (κ1) is 17.5. The van der Waals surface area contributed by atoms with Crippen LogP contribution >= 0.6 is 0 Å². The van der Waals surface area contributed by atoms with Crippen LogP contribution < -0.4 is 10.2 Å². The SMILES string of the molecule is CNc1nc(N2CCN(C(=O)c3ccco3)CC2)nc2c1C(=O)C[C@H](C)C2. The molecule has 0 bridgehead atoms. The molecule has 1 aliphatic heterocycles. The third-order valence-electron chi connectivity index (χ3n) is 5.15. The second-order valence-corrected chi connectivity index (χ2v) is 7.14. The van der Waals surface area contributed by atoms with Crippen molar-refractivity contribution in [3.63, 3.8) is 0 Å². The Morgan fingerprint density at radius 1 is 1.22 bits per heavy atom. The highest BCUT2D eigenvalue weighted by Crippen LogP contribution is 2.30. The zero-order valence-electron chi connectivity index (χ0n) is 15.6. The Balaban J connectivity index is 1.52. The van der Waals surface area contributed by atoms with Gasteiger partial charge in [-0.05, 0) is 24.5 Å². The van der Waals surface area contributed by atoms with Crippen LogP contribution in [0.4, 0.5) is 11.8 Å². The van der Waals surface area contributed by atoms with Gasteiger partial charge in [-0.3, -0.25) is 9.59 Å². The van der Waals surface area contributed by atoms with Crippen molar-refractivity contribution in [3.8, 4) is 0 Å². The zero-order valence-corrected chi connectivity index (χ0v) is 15.6. The van der Waals surface area contributed by atoms with Crippen LogP contribution in [0, 0.1) is 5.92 Å². The van der Waals surface area contributed by atoms with Gasteiger partial charge in [0.15, 0.2) is 11.5 Å². The molecular formula is C19H23N5O3. The summed E-state index contributed by atoms with van der Waals surface area (Å²) in [4.78, 5) is 37.9. The number of ketones is 1. The van der Waals surface area contributed by atoms with E-state index < -0.39 is 0 Å². The number of nitrogens with one attached hydrogen (secondary N) is 1. The molecule has 8 heteroatoms. The average molecular weight is 369 g/mol. The van der Waals surface area contributed by atoms with Gasteiger partial charge in [-0.2, -0.15) is 4.98 Å². The molecule has 2 aromatic heterocycles. The van der Waals surface area contributed by atoms with Crippen molar-refractivity contribution < 1.29 is 14.0 Å². The van der Waals surface area contributed by atoms with Gasteiger partial charge in [0.1, 0.15) is 5.82 Å². The summed E-state index contributed by atoms with van der Waals surface area (Å²) in [6, 6.07) is 3.39. The normalized spacial score (nSPS) is 19.8. The van der Waals surface area contributed by atoms with Crippen LogP contribution in [0.3, 0.4) is 0 Å². The molecule has 1 atom stereocenters. The average Bonchev–Trinajstić information content (AvgIpc) is 3.21. The lowest BCUT2D eigenvalue weighted by Crippen LogP contribution is -2.49. The second-order valence-electron chi connectivity index (χ2n) is 7.14. The molecule has 8 nitrogen and oxygen atoms in total. The van der Waals surface area contributed by atoms with Crippen LogP contribution in [0.1, 0.15) is 40.0 Å². The minimum absolute atomic E-state index is 0.0960. The van der Waals surface area contributed by atoms with Gasteiger partial charge in [-0.1, -0.05) is 6.92 Å². The van der Waals surface area contributed by atoms with Gasteiger partial charge in [0.2, 0.25) is 5.95 Å². The Kier molecular flexibility index (Phi) is 4.55. The standard InChI is InChI=1S/C19H23N5O3/c1-12-10-13-16(14(25)11-12)17(20-2)22-19(21-13)24-7-5-23(6-8-24)18(26)15-4-3-9-27-15/h3-4,9,12H,5-8,10-11H2,1-2H3,(H,20,21,22)/t12-/m1/s1. The fourth-order valence-electron chi connectivity index (χ4n) is 3.74. The van der Waals surface area contributed by atoms with Crippen molar-refractivity contribution in [3.05, 3.63) is 35.4 Å². The fraction of sp³-hybridized carbons (Fsp3) is 0.474. The smallest absolute Gasteiger partial charge is 0.289 e. The number of hydrogen-bond acceptors (Lipinski definition) is 7. The number of amides is 1. The van der Waals surface area contributed by atoms with Gasteiger partial charge >= 0.3 is 0 Å². The Bertz CT molecular complexity index is 856. The van der Waals surface area contributed by atoms with E-state index in [1.54, 1.807) is 24.1 Å². The molecule has 1 aliphatic carbocycles. The molecule has 1 saturated heterocycles. The highest BCUT2D eigenvalue weighted by atomic mass is 16.3. The third kappa shape index (κ3) is 3.27. The van der Waals surface area contributed by atoms with E-state index in [1.807, 2.05) is 0 Å². The lowest BCUT2D eigenvalue weighted by molar-refractivity contribution is 0.0713. The van der Waals surface area contributed by atoms with Crippen molar-refractivity contribution in [2.45, 2.75) is 19.8 Å². The summed E-state index contributed by atoms with van der Waals surface area (Å²) in [6.07, 6.45) is 2.83. The largest absolute Gasteiger partial charge is 0.459 e. The highest BCUT2D eigenvalue weighted by Gasteiger charge is 2.30. The van der Waals surface area contributed by atoms with E-state index in [0.717, 1.165) is 12.1 Å². The number of furan rings is 1. The van der Waals surface area contributed by atoms with Gasteiger partial charge < -0.3 is 19.5 Å². The predicted octanol–water partition coefficient (Wildman–Crippen LogP) is 1.84. The molecule has 0 unspecified atom stereocenters. The lowest BCUT2D eigenvalue weighted by atomic mass is 9.87. The number of Topliss-reactive ketones (excluding diaryl/α,β-unsaturated/α-hetero) is 1. The first-order valence-corrected chi connectivity index (χ1v) is 9.26. The molecule has 1 amide bonds. The Labute approximate surface area is 157 Å². The Hall–Kier alpha value is -2.90. The van der Waals surface area contributed by atoms with Crippen molar-refractivity contribution in [2.24, 2.45) is 5.92 Å². The van der Waals surface area contributed by atoms with E-state index in [-0.39, 0.29) is 11.7 Å². The van der Waals surface area contributed by atoms with Gasteiger partial charge in [-0.25, -0.2) is 4.98 Å². The number of piperazine rings is 1. The number of fused-ring (bicyclic) bond motifs is 1. The summed E-state index contributed by atoms with van der Waals surface area (Å²) in [5.74, 6) is 1.87. The monoisotopic (exact) mass is 369 g/mol. The molecule has 0 radical (unpaired) electrons. The summed E-state index contributed by atoms with van der Waals surface area (Å²) in [5, 5.41) is 3.05. The van der Waals surface area contributed by atoms with Crippen molar-refractivity contribution >= 4 is 23.5 Å². The maximum atomic E-state index is 12.4. The first-order chi connectivity index (χ1) is 13.1. The molecule has 2 aliphatic rings. The molecule has 2 aromatic rings.